The minimum Gasteiger partial charge on any atom is -0.493 e. The number of ether oxygens (including phenoxy) is 3. The molecule has 4 rings (SSSR count). The summed E-state index contributed by atoms with van der Waals surface area (Å²) >= 11 is 0. The monoisotopic (exact) mass is 467 g/mol. The molecule has 0 aromatic heterocycles. The fraction of sp³-hybridized carbons (Fsp3) is 0.296. The molecule has 1 heterocycles. The lowest BCUT2D eigenvalue weighted by molar-refractivity contribution is 0.0579. The lowest BCUT2D eigenvalue weighted by Crippen LogP contribution is -2.43. The molecule has 1 amide bonds. The number of hydrogen-bond acceptors (Lipinski definition) is 4. The van der Waals surface area contributed by atoms with Crippen LogP contribution in [-0.2, 0) is 12.8 Å². The summed E-state index contributed by atoms with van der Waals surface area (Å²) in [5, 5.41) is 0. The van der Waals surface area contributed by atoms with E-state index in [-0.39, 0.29) is 13.2 Å². The van der Waals surface area contributed by atoms with Gasteiger partial charge in [-0.3, -0.25) is 4.79 Å². The molecule has 0 saturated carbocycles. The number of methoxy groups -OCH3 is 2. The molecule has 3 aromatic carbocycles. The van der Waals surface area contributed by atoms with Crippen LogP contribution in [0.5, 0.6) is 17.2 Å². The van der Waals surface area contributed by atoms with Gasteiger partial charge >= 0.3 is 0 Å². The molecule has 34 heavy (non-hydrogen) atoms. The Morgan fingerprint density at radius 2 is 1.65 bits per heavy atom. The topological polar surface area (TPSA) is 48.0 Å². The molecule has 0 N–H and O–H groups in total. The zero-order valence-electron chi connectivity index (χ0n) is 19.4. The molecule has 5 nitrogen and oxygen atoms in total. The van der Waals surface area contributed by atoms with Crippen LogP contribution in [-0.4, -0.2) is 38.2 Å². The number of nitrogens with zero attached hydrogens (tertiary/aromatic N) is 1. The molecular formula is C27H27F2NO4. The van der Waals surface area contributed by atoms with Crippen LogP contribution in [0.2, 0.25) is 0 Å². The van der Waals surface area contributed by atoms with Gasteiger partial charge in [0.2, 0.25) is 0 Å². The van der Waals surface area contributed by atoms with Crippen molar-refractivity contribution in [3.05, 3.63) is 88.5 Å². The molecule has 0 fully saturated rings. The highest BCUT2D eigenvalue weighted by atomic mass is 19.1. The second-order valence-corrected chi connectivity index (χ2v) is 8.08. The molecule has 0 radical (unpaired) electrons. The van der Waals surface area contributed by atoms with Gasteiger partial charge in [0.25, 0.3) is 5.91 Å². The van der Waals surface area contributed by atoms with Crippen LogP contribution in [0.25, 0.3) is 0 Å². The van der Waals surface area contributed by atoms with Crippen LogP contribution in [0.3, 0.4) is 0 Å². The van der Waals surface area contributed by atoms with Crippen molar-refractivity contribution in [2.75, 3.05) is 27.4 Å². The fourth-order valence-corrected chi connectivity index (χ4v) is 4.29. The number of carbonyl (C=O) groups is 1. The van der Waals surface area contributed by atoms with Crippen molar-refractivity contribution in [2.45, 2.75) is 25.8 Å². The van der Waals surface area contributed by atoms with Crippen LogP contribution in [0.1, 0.15) is 40.0 Å². The third kappa shape index (κ3) is 4.55. The number of hydrogen-bond donors (Lipinski definition) is 0. The van der Waals surface area contributed by atoms with E-state index < -0.39 is 29.1 Å². The van der Waals surface area contributed by atoms with Crippen molar-refractivity contribution >= 4 is 5.91 Å². The Morgan fingerprint density at radius 3 is 2.26 bits per heavy atom. The molecule has 178 valence electrons. The quantitative estimate of drug-likeness (QED) is 0.469. The highest BCUT2D eigenvalue weighted by Gasteiger charge is 2.35. The lowest BCUT2D eigenvalue weighted by Gasteiger charge is -2.37. The molecule has 0 saturated heterocycles. The molecule has 0 spiro atoms. The Labute approximate surface area is 197 Å². The maximum absolute atomic E-state index is 14.5. The van der Waals surface area contributed by atoms with Gasteiger partial charge in [-0.15, -0.1) is 0 Å². The minimum atomic E-state index is -0.891. The van der Waals surface area contributed by atoms with Gasteiger partial charge < -0.3 is 19.1 Å². The Kier molecular flexibility index (Phi) is 7.01. The van der Waals surface area contributed by atoms with Crippen molar-refractivity contribution in [1.82, 2.24) is 4.90 Å². The highest BCUT2D eigenvalue weighted by Crippen LogP contribution is 2.39. The van der Waals surface area contributed by atoms with Crippen molar-refractivity contribution in [3.63, 3.8) is 0 Å². The summed E-state index contributed by atoms with van der Waals surface area (Å²) in [5.41, 5.74) is 2.37. The molecule has 1 unspecified atom stereocenters. The number of benzene rings is 3. The van der Waals surface area contributed by atoms with E-state index in [9.17, 15) is 13.6 Å². The van der Waals surface area contributed by atoms with Crippen molar-refractivity contribution < 1.29 is 27.8 Å². The number of rotatable bonds is 7. The lowest BCUT2D eigenvalue weighted by atomic mass is 9.91. The minimum absolute atomic E-state index is 0.107. The van der Waals surface area contributed by atoms with Crippen molar-refractivity contribution in [2.24, 2.45) is 0 Å². The van der Waals surface area contributed by atoms with Crippen LogP contribution in [0, 0.1) is 11.6 Å². The normalized spacial score (nSPS) is 15.0. The van der Waals surface area contributed by atoms with E-state index in [0.717, 1.165) is 29.7 Å². The zero-order chi connectivity index (χ0) is 24.2. The molecule has 7 heteroatoms. The first-order chi connectivity index (χ1) is 16.5. The first-order valence-electron chi connectivity index (χ1n) is 11.2. The first-order valence-corrected chi connectivity index (χ1v) is 11.2. The van der Waals surface area contributed by atoms with Crippen molar-refractivity contribution in [3.8, 4) is 17.2 Å². The van der Waals surface area contributed by atoms with E-state index in [1.807, 2.05) is 30.3 Å². The number of amides is 1. The maximum Gasteiger partial charge on any atom is 0.260 e. The summed E-state index contributed by atoms with van der Waals surface area (Å²) in [6.45, 7) is 2.45. The molecule has 1 aliphatic rings. The van der Waals surface area contributed by atoms with Crippen LogP contribution < -0.4 is 14.2 Å². The van der Waals surface area contributed by atoms with Gasteiger partial charge in [0.05, 0.1) is 20.3 Å². The summed E-state index contributed by atoms with van der Waals surface area (Å²) < 4.78 is 45.9. The third-order valence-electron chi connectivity index (χ3n) is 6.18. The number of fused-ring (bicyclic) bond motifs is 1. The molecule has 1 aliphatic heterocycles. The fourth-order valence-electron chi connectivity index (χ4n) is 4.29. The zero-order valence-corrected chi connectivity index (χ0v) is 19.4. The molecule has 0 bridgehead atoms. The molecule has 0 aliphatic carbocycles. The van der Waals surface area contributed by atoms with Gasteiger partial charge in [-0.1, -0.05) is 25.1 Å². The summed E-state index contributed by atoms with van der Waals surface area (Å²) in [6, 6.07) is 14.2. The molecular weight excluding hydrogens is 440 g/mol. The van der Waals surface area contributed by atoms with E-state index >= 15 is 0 Å². The van der Waals surface area contributed by atoms with E-state index in [0.29, 0.717) is 23.7 Å². The third-order valence-corrected chi connectivity index (χ3v) is 6.18. The number of aryl methyl sites for hydroxylation is 1. The summed E-state index contributed by atoms with van der Waals surface area (Å²) in [7, 11) is 3.09. The van der Waals surface area contributed by atoms with Gasteiger partial charge in [-0.2, -0.15) is 0 Å². The molecule has 3 aromatic rings. The van der Waals surface area contributed by atoms with Gasteiger partial charge in [-0.25, -0.2) is 8.78 Å². The average molecular weight is 468 g/mol. The van der Waals surface area contributed by atoms with E-state index in [4.69, 9.17) is 14.2 Å². The smallest absolute Gasteiger partial charge is 0.260 e. The van der Waals surface area contributed by atoms with Gasteiger partial charge in [0.15, 0.2) is 11.5 Å². The number of halogens is 2. The predicted molar refractivity (Wildman–Crippen MR) is 125 cm³/mol. The van der Waals surface area contributed by atoms with E-state index in [1.54, 1.807) is 13.2 Å². The van der Waals surface area contributed by atoms with E-state index in [2.05, 4.69) is 6.92 Å². The first kappa shape index (κ1) is 23.5. The Morgan fingerprint density at radius 1 is 1.00 bits per heavy atom. The van der Waals surface area contributed by atoms with Gasteiger partial charge in [0.1, 0.15) is 29.6 Å². The largest absolute Gasteiger partial charge is 0.493 e. The average Bonchev–Trinajstić information content (AvgIpc) is 2.86. The Balaban J connectivity index is 1.72. The SMILES string of the molecule is CCc1ccc(OCC2c3cc(OC)c(OC)cc3CCN2C(=O)c2c(F)cccc2F)cc1. The van der Waals surface area contributed by atoms with E-state index in [1.165, 1.54) is 23.6 Å². The maximum atomic E-state index is 14.5. The summed E-state index contributed by atoms with van der Waals surface area (Å²) in [6.07, 6.45) is 1.41. The second kappa shape index (κ2) is 10.1. The van der Waals surface area contributed by atoms with Gasteiger partial charge in [0, 0.05) is 6.54 Å². The predicted octanol–water partition coefficient (Wildman–Crippen LogP) is 5.36. The van der Waals surface area contributed by atoms with Crippen molar-refractivity contribution in [1.29, 1.82) is 0 Å². The highest BCUT2D eigenvalue weighted by molar-refractivity contribution is 5.95. The summed E-state index contributed by atoms with van der Waals surface area (Å²) in [5.74, 6) is -0.767. The molecule has 1 atom stereocenters. The second-order valence-electron chi connectivity index (χ2n) is 8.08. The van der Waals surface area contributed by atoms with Gasteiger partial charge in [-0.05, 0) is 65.9 Å². The summed E-state index contributed by atoms with van der Waals surface area (Å²) in [4.78, 5) is 14.8. The van der Waals surface area contributed by atoms with Crippen LogP contribution in [0.15, 0.2) is 54.6 Å². The Bertz CT molecular complexity index is 1160. The Hall–Kier alpha value is -3.61. The standard InChI is InChI=1S/C27H27F2NO4/c1-4-17-8-10-19(11-9-17)34-16-23-20-15-25(33-3)24(32-2)14-18(20)12-13-30(23)27(31)26-21(28)6-5-7-22(26)29/h5-11,14-15,23H,4,12-13,16H2,1-3H3. The van der Waals surface area contributed by atoms with Crippen LogP contribution in [0.4, 0.5) is 8.78 Å². The van der Waals surface area contributed by atoms with Crippen LogP contribution >= 0.6 is 0 Å². The number of carbonyl (C=O) groups excluding carboxylic acids is 1.